The molecule has 4 aromatic rings. The van der Waals surface area contributed by atoms with Crippen molar-refractivity contribution >= 4 is 39.3 Å². The van der Waals surface area contributed by atoms with Crippen molar-refractivity contribution in [2.24, 2.45) is 0 Å². The molecule has 1 unspecified atom stereocenters. The van der Waals surface area contributed by atoms with Crippen LogP contribution in [-0.4, -0.2) is 69.8 Å². The number of ether oxygens (including phenoxy) is 1. The van der Waals surface area contributed by atoms with E-state index in [2.05, 4.69) is 21.6 Å². The molecule has 0 N–H and O–H groups in total. The summed E-state index contributed by atoms with van der Waals surface area (Å²) in [6.45, 7) is 8.56. The number of likely N-dealkylation sites (N-methyl/N-ethyl adjacent to an activating group) is 1. The zero-order valence-corrected chi connectivity index (χ0v) is 27.1. The minimum absolute atomic E-state index is 0.0435. The van der Waals surface area contributed by atoms with E-state index in [1.165, 1.54) is 44.2 Å². The molecule has 0 aliphatic carbocycles. The van der Waals surface area contributed by atoms with Gasteiger partial charge in [0.05, 0.1) is 39.8 Å². The molecule has 0 spiro atoms. The molecule has 2 aliphatic heterocycles. The highest BCUT2D eigenvalue weighted by atomic mass is 35.5. The van der Waals surface area contributed by atoms with Crippen molar-refractivity contribution in [1.29, 1.82) is 5.26 Å². The summed E-state index contributed by atoms with van der Waals surface area (Å²) in [6.07, 6.45) is 1.34. The number of hydrogen-bond donors (Lipinski definition) is 0. The SMILES string of the molecule is C=CC(=O)N1CCC(n2ncc3c(OCC4CCCN4C)nc4c(F)c(-c5cccc(C)c5C(F)(F)F)c(Cl)cc4c32)CC1.CC#N. The van der Waals surface area contributed by atoms with E-state index in [0.29, 0.717) is 48.8 Å². The quantitative estimate of drug-likeness (QED) is 0.154. The van der Waals surface area contributed by atoms with Crippen LogP contribution in [0.5, 0.6) is 5.88 Å². The highest BCUT2D eigenvalue weighted by Gasteiger charge is 2.37. The smallest absolute Gasteiger partial charge is 0.417 e. The van der Waals surface area contributed by atoms with Gasteiger partial charge in [-0.2, -0.15) is 23.5 Å². The zero-order valence-electron chi connectivity index (χ0n) is 26.4. The van der Waals surface area contributed by atoms with Gasteiger partial charge in [-0.15, -0.1) is 0 Å². The van der Waals surface area contributed by atoms with Crippen molar-refractivity contribution in [3.63, 3.8) is 0 Å². The molecule has 2 aromatic heterocycles. The van der Waals surface area contributed by atoms with Crippen LogP contribution in [-0.2, 0) is 11.0 Å². The molecule has 1 amide bonds. The lowest BCUT2D eigenvalue weighted by molar-refractivity contribution is -0.137. The van der Waals surface area contributed by atoms with Gasteiger partial charge < -0.3 is 14.5 Å². The number of carbonyl (C=O) groups excluding carboxylic acids is 1. The number of aryl methyl sites for hydroxylation is 1. The van der Waals surface area contributed by atoms with Crippen LogP contribution >= 0.6 is 11.6 Å². The van der Waals surface area contributed by atoms with Crippen molar-refractivity contribution < 1.29 is 27.1 Å². The number of carbonyl (C=O) groups is 1. The summed E-state index contributed by atoms with van der Waals surface area (Å²) in [7, 11) is 2.01. The molecule has 47 heavy (non-hydrogen) atoms. The number of pyridine rings is 1. The van der Waals surface area contributed by atoms with E-state index < -0.39 is 17.6 Å². The number of fused-ring (bicyclic) bond motifs is 3. The number of hydrogen-bond acceptors (Lipinski definition) is 6. The Kier molecular flexibility index (Phi) is 10.1. The molecule has 2 aliphatic rings. The van der Waals surface area contributed by atoms with Gasteiger partial charge in [0.1, 0.15) is 12.1 Å². The van der Waals surface area contributed by atoms with Gasteiger partial charge in [-0.3, -0.25) is 9.48 Å². The Hall–Kier alpha value is -4.21. The predicted molar refractivity (Wildman–Crippen MR) is 173 cm³/mol. The van der Waals surface area contributed by atoms with Crippen LogP contribution in [0.3, 0.4) is 0 Å². The molecule has 0 radical (unpaired) electrons. The van der Waals surface area contributed by atoms with Gasteiger partial charge in [0.2, 0.25) is 11.8 Å². The predicted octanol–water partition coefficient (Wildman–Crippen LogP) is 7.72. The van der Waals surface area contributed by atoms with E-state index in [1.54, 1.807) is 21.8 Å². The minimum Gasteiger partial charge on any atom is -0.475 e. The Balaban J connectivity index is 0.00000139. The van der Waals surface area contributed by atoms with Crippen molar-refractivity contribution in [1.82, 2.24) is 24.6 Å². The second-order valence-electron chi connectivity index (χ2n) is 11.8. The molecule has 2 aromatic carbocycles. The normalized spacial score (nSPS) is 17.4. The number of piperidine rings is 1. The fraction of sp³-hybridized carbons (Fsp3) is 0.412. The number of aromatic nitrogens is 3. The third-order valence-electron chi connectivity index (χ3n) is 8.89. The number of benzene rings is 2. The van der Waals surface area contributed by atoms with Gasteiger partial charge in [0.25, 0.3) is 0 Å². The van der Waals surface area contributed by atoms with Crippen LogP contribution in [0.2, 0.25) is 5.02 Å². The first-order valence-corrected chi connectivity index (χ1v) is 15.7. The number of likely N-dealkylation sites (tertiary alicyclic amines) is 2. The standard InChI is InChI=1S/C32H32ClF4N5O2.C2H3N/c1-4-25(43)41-13-10-19(11-14-41)42-30-22-15-24(33)26(21-9-5-7-18(2)27(21)32(35,36)37)28(34)29(22)39-31(23(30)16-38-42)44-17-20-8-6-12-40(20)3;1-2-3/h4-5,7,9,15-16,19-20H,1,6,8,10-14,17H2,2-3H3;1H3. The third kappa shape index (κ3) is 6.64. The summed E-state index contributed by atoms with van der Waals surface area (Å²) in [6, 6.07) is 7.24. The molecular weight excluding hydrogens is 636 g/mol. The Morgan fingerprint density at radius 2 is 1.91 bits per heavy atom. The van der Waals surface area contributed by atoms with Crippen LogP contribution in [0.25, 0.3) is 32.9 Å². The molecule has 2 saturated heterocycles. The van der Waals surface area contributed by atoms with Crippen molar-refractivity contribution in [3.8, 4) is 23.1 Å². The number of nitriles is 1. The maximum Gasteiger partial charge on any atom is 0.417 e. The monoisotopic (exact) mass is 670 g/mol. The summed E-state index contributed by atoms with van der Waals surface area (Å²) >= 11 is 6.64. The largest absolute Gasteiger partial charge is 0.475 e. The van der Waals surface area contributed by atoms with Gasteiger partial charge in [-0.1, -0.05) is 36.4 Å². The number of rotatable bonds is 6. The van der Waals surface area contributed by atoms with Crippen LogP contribution < -0.4 is 4.74 Å². The van der Waals surface area contributed by atoms with Crippen LogP contribution in [0.4, 0.5) is 17.6 Å². The van der Waals surface area contributed by atoms with Crippen LogP contribution in [0.15, 0.2) is 43.1 Å². The van der Waals surface area contributed by atoms with Crippen molar-refractivity contribution in [2.75, 3.05) is 33.3 Å². The molecular formula is C34H35ClF4N6O2. The van der Waals surface area contributed by atoms with Gasteiger partial charge >= 0.3 is 6.18 Å². The van der Waals surface area contributed by atoms with Gasteiger partial charge in [-0.25, -0.2) is 9.37 Å². The molecule has 6 rings (SSSR count). The van der Waals surface area contributed by atoms with Gasteiger partial charge in [0.15, 0.2) is 5.82 Å². The lowest BCUT2D eigenvalue weighted by Crippen LogP contribution is -2.38. The summed E-state index contributed by atoms with van der Waals surface area (Å²) in [5.41, 5.74) is -1.34. The lowest BCUT2D eigenvalue weighted by Gasteiger charge is -2.32. The van der Waals surface area contributed by atoms with Crippen molar-refractivity contribution in [3.05, 3.63) is 65.1 Å². The van der Waals surface area contributed by atoms with E-state index in [0.717, 1.165) is 19.4 Å². The van der Waals surface area contributed by atoms with Gasteiger partial charge in [-0.05, 0) is 69.5 Å². The fourth-order valence-electron chi connectivity index (χ4n) is 6.56. The van der Waals surface area contributed by atoms with E-state index in [-0.39, 0.29) is 51.1 Å². The van der Waals surface area contributed by atoms with Crippen molar-refractivity contribution in [2.45, 2.75) is 57.8 Å². The Bertz CT molecular complexity index is 1860. The van der Waals surface area contributed by atoms with Crippen LogP contribution in [0, 0.1) is 24.1 Å². The molecule has 2 fully saturated rings. The average molecular weight is 671 g/mol. The molecule has 13 heteroatoms. The van der Waals surface area contributed by atoms with E-state index in [4.69, 9.17) is 21.6 Å². The number of nitrogens with zero attached hydrogens (tertiary/aromatic N) is 6. The average Bonchev–Trinajstić information content (AvgIpc) is 3.66. The summed E-state index contributed by atoms with van der Waals surface area (Å²) in [5.74, 6) is -0.954. The molecule has 1 atom stereocenters. The van der Waals surface area contributed by atoms with E-state index in [9.17, 15) is 18.0 Å². The summed E-state index contributed by atoms with van der Waals surface area (Å²) < 4.78 is 67.2. The first-order chi connectivity index (χ1) is 22.4. The Morgan fingerprint density at radius 3 is 2.53 bits per heavy atom. The maximum absolute atomic E-state index is 16.6. The first kappa shape index (κ1) is 34.1. The minimum atomic E-state index is -4.73. The lowest BCUT2D eigenvalue weighted by atomic mass is 9.94. The van der Waals surface area contributed by atoms with E-state index in [1.807, 2.05) is 7.05 Å². The molecule has 0 saturated carbocycles. The first-order valence-electron chi connectivity index (χ1n) is 15.3. The number of halogens is 5. The molecule has 4 heterocycles. The number of amides is 1. The molecule has 248 valence electrons. The molecule has 0 bridgehead atoms. The highest BCUT2D eigenvalue weighted by Crippen LogP contribution is 2.45. The van der Waals surface area contributed by atoms with E-state index >= 15 is 4.39 Å². The topological polar surface area (TPSA) is 87.3 Å². The Morgan fingerprint density at radius 1 is 1.21 bits per heavy atom. The van der Waals surface area contributed by atoms with Crippen LogP contribution in [0.1, 0.15) is 49.8 Å². The second-order valence-corrected chi connectivity index (χ2v) is 12.2. The third-order valence-corrected chi connectivity index (χ3v) is 9.19. The maximum atomic E-state index is 16.6. The summed E-state index contributed by atoms with van der Waals surface area (Å²) in [5, 5.41) is 12.7. The second kappa shape index (κ2) is 13.9. The Labute approximate surface area is 275 Å². The highest BCUT2D eigenvalue weighted by molar-refractivity contribution is 6.34. The number of alkyl halides is 3. The summed E-state index contributed by atoms with van der Waals surface area (Å²) in [4.78, 5) is 20.6. The molecule has 8 nitrogen and oxygen atoms in total. The van der Waals surface area contributed by atoms with Gasteiger partial charge in [0, 0.05) is 37.0 Å². The fourth-order valence-corrected chi connectivity index (χ4v) is 6.85. The zero-order chi connectivity index (χ0) is 34.0.